The van der Waals surface area contributed by atoms with Crippen LogP contribution in [-0.2, 0) is 27.2 Å². The fraction of sp³-hybridized carbons (Fsp3) is 0.436. The predicted octanol–water partition coefficient (Wildman–Crippen LogP) is 6.73. The van der Waals surface area contributed by atoms with Crippen LogP contribution in [-0.4, -0.2) is 48.4 Å². The van der Waals surface area contributed by atoms with Gasteiger partial charge in [0.25, 0.3) is 0 Å². The maximum atomic E-state index is 14.0. The highest BCUT2D eigenvalue weighted by Gasteiger charge is 2.29. The highest BCUT2D eigenvalue weighted by molar-refractivity contribution is 5.99. The van der Waals surface area contributed by atoms with Gasteiger partial charge in [-0.1, -0.05) is 94.4 Å². The van der Waals surface area contributed by atoms with Crippen molar-refractivity contribution in [3.63, 3.8) is 0 Å². The van der Waals surface area contributed by atoms with E-state index < -0.39 is 23.7 Å². The maximum Gasteiger partial charge on any atom is 0.407 e. The zero-order valence-electron chi connectivity index (χ0n) is 28.9. The van der Waals surface area contributed by atoms with Crippen molar-refractivity contribution in [2.24, 2.45) is 5.92 Å². The Morgan fingerprint density at radius 2 is 1.19 bits per heavy atom. The van der Waals surface area contributed by atoms with E-state index in [2.05, 4.69) is 49.7 Å². The van der Waals surface area contributed by atoms with Crippen LogP contribution in [0.5, 0.6) is 0 Å². The number of rotatable bonds is 15. The first-order valence-electron chi connectivity index (χ1n) is 16.5. The molecule has 3 aromatic carbocycles. The van der Waals surface area contributed by atoms with Crippen molar-refractivity contribution < 1.29 is 23.9 Å². The molecule has 0 unspecified atom stereocenters. The van der Waals surface area contributed by atoms with Gasteiger partial charge in [0.05, 0.1) is 0 Å². The molecule has 8 nitrogen and oxygen atoms in total. The lowest BCUT2D eigenvalue weighted by atomic mass is 9.87. The van der Waals surface area contributed by atoms with Crippen LogP contribution in [0.25, 0.3) is 0 Å². The minimum atomic E-state index is -0.892. The zero-order valence-corrected chi connectivity index (χ0v) is 28.9. The average molecular weight is 642 g/mol. The van der Waals surface area contributed by atoms with Crippen molar-refractivity contribution in [3.05, 3.63) is 107 Å². The van der Waals surface area contributed by atoms with Crippen molar-refractivity contribution >= 4 is 23.7 Å². The van der Waals surface area contributed by atoms with E-state index in [0.29, 0.717) is 12.0 Å². The molecule has 252 valence electrons. The van der Waals surface area contributed by atoms with E-state index in [0.717, 1.165) is 22.3 Å². The Hall–Kier alpha value is -4.46. The first-order valence-corrected chi connectivity index (χ1v) is 16.5. The lowest BCUT2D eigenvalue weighted by Gasteiger charge is -2.23. The number of carbonyl (C=O) groups excluding carboxylic acids is 4. The number of carbonyl (C=O) groups is 4. The molecular formula is C39H51N3O5. The van der Waals surface area contributed by atoms with Gasteiger partial charge in [0.2, 0.25) is 11.8 Å². The van der Waals surface area contributed by atoms with Gasteiger partial charge in [0.15, 0.2) is 5.78 Å². The Labute approximate surface area is 280 Å². The van der Waals surface area contributed by atoms with Crippen molar-refractivity contribution in [1.29, 1.82) is 0 Å². The summed E-state index contributed by atoms with van der Waals surface area (Å²) in [4.78, 5) is 53.3. The van der Waals surface area contributed by atoms with Crippen LogP contribution < -0.4 is 16.0 Å². The summed E-state index contributed by atoms with van der Waals surface area (Å²) < 4.78 is 5.25. The number of hydrogen-bond acceptors (Lipinski definition) is 5. The van der Waals surface area contributed by atoms with Gasteiger partial charge in [-0.05, 0) is 73.4 Å². The van der Waals surface area contributed by atoms with Gasteiger partial charge in [-0.3, -0.25) is 14.4 Å². The standard InChI is InChI=1S/C39H51N3O5/c1-26(2)30-22-31(27(3)4)24-32(23-30)35(43)25-33(20-28-14-10-8-11-15-28)36(44)42-34(21-29-16-12-9-13-17-29)37(45)40-18-19-41-38(46)47-39(5,6)7/h8-17,22-24,26-27,33-34H,18-21,25H2,1-7H3,(H,40,45)(H,41,46)(H,42,44)/t33-,34-/m0/s1. The third-order valence-corrected chi connectivity index (χ3v) is 7.77. The summed E-state index contributed by atoms with van der Waals surface area (Å²) in [7, 11) is 0. The summed E-state index contributed by atoms with van der Waals surface area (Å²) in [5.41, 5.74) is 3.94. The molecule has 3 amide bonds. The number of hydrogen-bond donors (Lipinski definition) is 3. The Balaban J connectivity index is 1.81. The van der Waals surface area contributed by atoms with Crippen molar-refractivity contribution in [2.75, 3.05) is 13.1 Å². The highest BCUT2D eigenvalue weighted by Crippen LogP contribution is 2.26. The fourth-order valence-corrected chi connectivity index (χ4v) is 5.14. The minimum absolute atomic E-state index is 0.000699. The number of ether oxygens (including phenoxy) is 1. The molecule has 0 heterocycles. The van der Waals surface area contributed by atoms with E-state index in [1.807, 2.05) is 72.8 Å². The SMILES string of the molecule is CC(C)c1cc(C(=O)C[C@H](Cc2ccccc2)C(=O)N[C@@H](Cc2ccccc2)C(=O)NCCNC(=O)OC(C)(C)C)cc(C(C)C)c1. The van der Waals surface area contributed by atoms with Crippen molar-refractivity contribution in [2.45, 2.75) is 91.2 Å². The molecule has 0 saturated heterocycles. The van der Waals surface area contributed by atoms with Gasteiger partial charge < -0.3 is 20.7 Å². The summed E-state index contributed by atoms with van der Waals surface area (Å²) in [5, 5.41) is 8.42. The Bertz CT molecular complexity index is 1450. The van der Waals surface area contributed by atoms with E-state index in [9.17, 15) is 19.2 Å². The molecule has 3 rings (SSSR count). The number of Topliss-reactive ketones (excluding diaryl/α,β-unsaturated/α-hetero) is 1. The van der Waals surface area contributed by atoms with Crippen LogP contribution in [0.4, 0.5) is 4.79 Å². The van der Waals surface area contributed by atoms with Crippen LogP contribution in [0.2, 0.25) is 0 Å². The smallest absolute Gasteiger partial charge is 0.407 e. The summed E-state index contributed by atoms with van der Waals surface area (Å²) in [5.74, 6) is -1.06. The second-order valence-electron chi connectivity index (χ2n) is 13.7. The zero-order chi connectivity index (χ0) is 34.6. The molecule has 0 bridgehead atoms. The van der Waals surface area contributed by atoms with Gasteiger partial charge in [-0.25, -0.2) is 4.79 Å². The highest BCUT2D eigenvalue weighted by atomic mass is 16.6. The number of benzene rings is 3. The Morgan fingerprint density at radius 1 is 0.681 bits per heavy atom. The largest absolute Gasteiger partial charge is 0.444 e. The first-order chi connectivity index (χ1) is 22.2. The number of ketones is 1. The topological polar surface area (TPSA) is 114 Å². The van der Waals surface area contributed by atoms with Crippen LogP contribution in [0.15, 0.2) is 78.9 Å². The third kappa shape index (κ3) is 12.7. The van der Waals surface area contributed by atoms with Gasteiger partial charge in [0.1, 0.15) is 11.6 Å². The van der Waals surface area contributed by atoms with Gasteiger partial charge in [-0.2, -0.15) is 0 Å². The maximum absolute atomic E-state index is 14.0. The van der Waals surface area contributed by atoms with E-state index in [1.165, 1.54) is 0 Å². The second-order valence-corrected chi connectivity index (χ2v) is 13.7. The molecule has 2 atom stereocenters. The quantitative estimate of drug-likeness (QED) is 0.126. The summed E-state index contributed by atoms with van der Waals surface area (Å²) >= 11 is 0. The molecule has 0 aliphatic heterocycles. The van der Waals surface area contributed by atoms with Crippen LogP contribution in [0, 0.1) is 5.92 Å². The second kappa shape index (κ2) is 17.5. The Kier molecular flexibility index (Phi) is 13.7. The van der Waals surface area contributed by atoms with E-state index >= 15 is 0 Å². The average Bonchev–Trinajstić information content (AvgIpc) is 3.02. The van der Waals surface area contributed by atoms with Gasteiger partial charge in [-0.15, -0.1) is 0 Å². The van der Waals surface area contributed by atoms with Crippen LogP contribution in [0.3, 0.4) is 0 Å². The van der Waals surface area contributed by atoms with E-state index in [4.69, 9.17) is 4.74 Å². The fourth-order valence-electron chi connectivity index (χ4n) is 5.14. The lowest BCUT2D eigenvalue weighted by Crippen LogP contribution is -2.51. The van der Waals surface area contributed by atoms with Crippen molar-refractivity contribution in [3.8, 4) is 0 Å². The lowest BCUT2D eigenvalue weighted by molar-refractivity contribution is -0.131. The van der Waals surface area contributed by atoms with E-state index in [1.54, 1.807) is 20.8 Å². The molecule has 0 radical (unpaired) electrons. The summed E-state index contributed by atoms with van der Waals surface area (Å²) in [6.45, 7) is 14.0. The molecule has 0 saturated carbocycles. The predicted molar refractivity (Wildman–Crippen MR) is 187 cm³/mol. The number of nitrogens with one attached hydrogen (secondary N) is 3. The molecule has 47 heavy (non-hydrogen) atoms. The minimum Gasteiger partial charge on any atom is -0.444 e. The molecule has 0 spiro atoms. The van der Waals surface area contributed by atoms with Crippen molar-refractivity contribution in [1.82, 2.24) is 16.0 Å². The molecule has 3 aromatic rings. The molecule has 0 aliphatic carbocycles. The molecule has 0 aliphatic rings. The number of alkyl carbamates (subject to hydrolysis) is 1. The molecule has 0 aromatic heterocycles. The van der Waals surface area contributed by atoms with Gasteiger partial charge >= 0.3 is 6.09 Å². The third-order valence-electron chi connectivity index (χ3n) is 7.77. The normalized spacial score (nSPS) is 12.7. The first kappa shape index (κ1) is 37.0. The molecule has 8 heteroatoms. The van der Waals surface area contributed by atoms with Gasteiger partial charge in [0, 0.05) is 37.4 Å². The Morgan fingerprint density at radius 3 is 1.70 bits per heavy atom. The van der Waals surface area contributed by atoms with Crippen LogP contribution >= 0.6 is 0 Å². The summed E-state index contributed by atoms with van der Waals surface area (Å²) in [6.07, 6.45) is 0.0321. The molecular weight excluding hydrogens is 590 g/mol. The van der Waals surface area contributed by atoms with E-state index in [-0.39, 0.29) is 55.4 Å². The molecule has 3 N–H and O–H groups in total. The van der Waals surface area contributed by atoms with Crippen LogP contribution in [0.1, 0.15) is 99.3 Å². The summed E-state index contributed by atoms with van der Waals surface area (Å²) in [6, 6.07) is 24.2. The number of amides is 3. The molecule has 0 fully saturated rings. The monoisotopic (exact) mass is 641 g/mol.